The second-order valence-electron chi connectivity index (χ2n) is 3.31. The maximum Gasteiger partial charge on any atom is 0.363 e. The number of aliphatic hydroxyl groups is 1. The maximum absolute atomic E-state index is 11.7. The first-order chi connectivity index (χ1) is 7.86. The van der Waals surface area contributed by atoms with E-state index in [1.54, 1.807) is 0 Å². The van der Waals surface area contributed by atoms with Crippen LogP contribution in [0.2, 0.25) is 0 Å². The fourth-order valence-corrected chi connectivity index (χ4v) is 2.19. The average Bonchev–Trinajstić information content (AvgIpc) is 2.28. The Balaban J connectivity index is 2.96. The average molecular weight is 261 g/mol. The molecule has 0 spiro atoms. The minimum absolute atomic E-state index is 0.191. The van der Waals surface area contributed by atoms with E-state index in [4.69, 9.17) is 5.11 Å². The van der Waals surface area contributed by atoms with Crippen molar-refractivity contribution < 1.29 is 18.4 Å². The first-order valence-corrected chi connectivity index (χ1v) is 6.09. The van der Waals surface area contributed by atoms with Gasteiger partial charge in [0.25, 0.3) is 0 Å². The molecule has 0 aromatic carbocycles. The van der Waals surface area contributed by atoms with Crippen LogP contribution in [0.15, 0.2) is 23.2 Å². The molecule has 0 unspecified atom stereocenters. The van der Waals surface area contributed by atoms with Crippen LogP contribution >= 0.6 is 0 Å². The van der Waals surface area contributed by atoms with Crippen molar-refractivity contribution in [3.8, 4) is 0 Å². The van der Waals surface area contributed by atoms with Gasteiger partial charge < -0.3 is 15.2 Å². The molecule has 0 bridgehead atoms. The van der Waals surface area contributed by atoms with Crippen LogP contribution in [0.4, 0.5) is 5.82 Å². The summed E-state index contributed by atoms with van der Waals surface area (Å²) in [7, 11) is -3.81. The normalized spacial score (nSPS) is 13.3. The summed E-state index contributed by atoms with van der Waals surface area (Å²) >= 11 is 0. The largest absolute Gasteiger partial charge is 0.395 e. The predicted octanol–water partition coefficient (Wildman–Crippen LogP) is -0.351. The van der Waals surface area contributed by atoms with E-state index >= 15 is 0 Å². The maximum atomic E-state index is 11.7. The van der Waals surface area contributed by atoms with Gasteiger partial charge >= 0.3 is 5.82 Å². The van der Waals surface area contributed by atoms with Gasteiger partial charge in [0.05, 0.1) is 6.61 Å². The fraction of sp³-hybridized carbons (Fsp3) is 0.375. The Bertz CT molecular complexity index is 498. The van der Waals surface area contributed by atoms with E-state index in [-0.39, 0.29) is 11.5 Å². The van der Waals surface area contributed by atoms with Crippen molar-refractivity contribution in [3.05, 3.63) is 28.4 Å². The number of hydrogen-bond acceptors (Lipinski definition) is 6. The van der Waals surface area contributed by atoms with Crippen LogP contribution < -0.4 is 4.72 Å². The molecule has 0 aliphatic rings. The Hall–Kier alpha value is -1.58. The molecule has 0 amide bonds. The van der Waals surface area contributed by atoms with Crippen molar-refractivity contribution in [1.29, 1.82) is 0 Å². The molecule has 0 fully saturated rings. The molecule has 0 aliphatic carbocycles. The van der Waals surface area contributed by atoms with Crippen molar-refractivity contribution in [2.75, 3.05) is 6.61 Å². The topological polar surface area (TPSA) is 122 Å². The van der Waals surface area contributed by atoms with Crippen molar-refractivity contribution in [2.45, 2.75) is 17.9 Å². The number of nitrogens with zero attached hydrogens (tertiary/aromatic N) is 2. The monoisotopic (exact) mass is 261 g/mol. The molecular weight excluding hydrogens is 250 g/mol. The van der Waals surface area contributed by atoms with Crippen molar-refractivity contribution in [3.63, 3.8) is 0 Å². The van der Waals surface area contributed by atoms with Gasteiger partial charge in [-0.15, -0.1) is 0 Å². The number of aliphatic hydroxyl groups excluding tert-OH is 1. The zero-order valence-corrected chi connectivity index (χ0v) is 9.72. The van der Waals surface area contributed by atoms with Gasteiger partial charge in [0, 0.05) is 12.1 Å². The molecule has 1 rings (SSSR count). The lowest BCUT2D eigenvalue weighted by atomic mass is 10.4. The van der Waals surface area contributed by atoms with Gasteiger partial charge in [0.2, 0.25) is 10.0 Å². The Kier molecular flexibility index (Phi) is 4.10. The smallest absolute Gasteiger partial charge is 0.363 e. The number of nitro groups is 1. The number of sulfonamides is 1. The summed E-state index contributed by atoms with van der Waals surface area (Å²) < 4.78 is 25.5. The van der Waals surface area contributed by atoms with Crippen LogP contribution in [-0.4, -0.2) is 36.1 Å². The summed E-state index contributed by atoms with van der Waals surface area (Å²) in [6.45, 7) is 1.13. The van der Waals surface area contributed by atoms with Crippen LogP contribution in [0, 0.1) is 10.1 Å². The Morgan fingerprint density at radius 1 is 1.59 bits per heavy atom. The third-order valence-electron chi connectivity index (χ3n) is 1.85. The SMILES string of the molecule is C[C@H](CO)NS(=O)(=O)c1ccc([N+](=O)[O-])nc1. The highest BCUT2D eigenvalue weighted by atomic mass is 32.2. The molecular formula is C8H11N3O5S. The van der Waals surface area contributed by atoms with Gasteiger partial charge in [0.1, 0.15) is 4.90 Å². The minimum Gasteiger partial charge on any atom is -0.395 e. The van der Waals surface area contributed by atoms with Crippen LogP contribution in [0.1, 0.15) is 6.92 Å². The van der Waals surface area contributed by atoms with Crippen LogP contribution in [-0.2, 0) is 10.0 Å². The van der Waals surface area contributed by atoms with Gasteiger partial charge in [-0.3, -0.25) is 0 Å². The molecule has 8 nitrogen and oxygen atoms in total. The number of pyridine rings is 1. The lowest BCUT2D eigenvalue weighted by Gasteiger charge is -2.10. The van der Waals surface area contributed by atoms with Gasteiger partial charge in [0.15, 0.2) is 6.20 Å². The molecule has 0 radical (unpaired) electrons. The highest BCUT2D eigenvalue weighted by molar-refractivity contribution is 7.89. The van der Waals surface area contributed by atoms with Gasteiger partial charge in [-0.25, -0.2) is 13.1 Å². The van der Waals surface area contributed by atoms with E-state index < -0.39 is 26.8 Å². The lowest BCUT2D eigenvalue weighted by molar-refractivity contribution is -0.389. The zero-order valence-electron chi connectivity index (χ0n) is 8.90. The number of nitrogens with one attached hydrogen (secondary N) is 1. The molecule has 0 saturated carbocycles. The Labute approximate surface area is 97.5 Å². The fourth-order valence-electron chi connectivity index (χ4n) is 1.01. The van der Waals surface area contributed by atoms with Crippen LogP contribution in [0.3, 0.4) is 0 Å². The molecule has 9 heteroatoms. The second kappa shape index (κ2) is 5.17. The third-order valence-corrected chi connectivity index (χ3v) is 3.42. The predicted molar refractivity (Wildman–Crippen MR) is 57.8 cm³/mol. The van der Waals surface area contributed by atoms with E-state index in [0.717, 1.165) is 18.3 Å². The quantitative estimate of drug-likeness (QED) is 0.551. The van der Waals surface area contributed by atoms with Crippen molar-refractivity contribution >= 4 is 15.8 Å². The summed E-state index contributed by atoms with van der Waals surface area (Å²) in [6.07, 6.45) is 0.893. The molecule has 2 N–H and O–H groups in total. The summed E-state index contributed by atoms with van der Waals surface area (Å²) in [6, 6.07) is 1.44. The summed E-state index contributed by atoms with van der Waals surface area (Å²) in [4.78, 5) is 12.8. The zero-order chi connectivity index (χ0) is 13.1. The summed E-state index contributed by atoms with van der Waals surface area (Å²) in [5.41, 5.74) is 0. The first kappa shape index (κ1) is 13.5. The van der Waals surface area contributed by atoms with Gasteiger partial charge in [-0.05, 0) is 22.9 Å². The third kappa shape index (κ3) is 3.44. The number of rotatable bonds is 5. The lowest BCUT2D eigenvalue weighted by Crippen LogP contribution is -2.35. The molecule has 0 saturated heterocycles. The van der Waals surface area contributed by atoms with E-state index in [9.17, 15) is 18.5 Å². The van der Waals surface area contributed by atoms with E-state index in [2.05, 4.69) is 9.71 Å². The molecule has 1 heterocycles. The highest BCUT2D eigenvalue weighted by Crippen LogP contribution is 2.12. The van der Waals surface area contributed by atoms with Gasteiger partial charge in [-0.1, -0.05) is 0 Å². The Morgan fingerprint density at radius 2 is 2.24 bits per heavy atom. The highest BCUT2D eigenvalue weighted by Gasteiger charge is 2.19. The van der Waals surface area contributed by atoms with Crippen molar-refractivity contribution in [1.82, 2.24) is 9.71 Å². The first-order valence-electron chi connectivity index (χ1n) is 4.60. The molecule has 1 aromatic heterocycles. The van der Waals surface area contributed by atoms with Crippen LogP contribution in [0.25, 0.3) is 0 Å². The van der Waals surface area contributed by atoms with Crippen LogP contribution in [0.5, 0.6) is 0 Å². The summed E-state index contributed by atoms with van der Waals surface area (Å²) in [5.74, 6) is -0.431. The number of hydrogen-bond donors (Lipinski definition) is 2. The van der Waals surface area contributed by atoms with E-state index in [1.165, 1.54) is 6.92 Å². The second-order valence-corrected chi connectivity index (χ2v) is 5.03. The van der Waals surface area contributed by atoms with E-state index in [0.29, 0.717) is 0 Å². The van der Waals surface area contributed by atoms with Crippen molar-refractivity contribution in [2.24, 2.45) is 0 Å². The standard InChI is InChI=1S/C8H11N3O5S/c1-6(5-12)10-17(15,16)7-2-3-8(9-4-7)11(13)14/h2-4,6,10,12H,5H2,1H3/t6-/m1/s1. The number of aromatic nitrogens is 1. The van der Waals surface area contributed by atoms with E-state index in [1.807, 2.05) is 0 Å². The summed E-state index contributed by atoms with van der Waals surface area (Å²) in [5, 5.41) is 19.1. The molecule has 1 atom stereocenters. The molecule has 17 heavy (non-hydrogen) atoms. The Morgan fingerprint density at radius 3 is 2.65 bits per heavy atom. The molecule has 0 aliphatic heterocycles. The van der Waals surface area contributed by atoms with Gasteiger partial charge in [-0.2, -0.15) is 0 Å². The minimum atomic E-state index is -3.81. The molecule has 94 valence electrons. The molecule has 1 aromatic rings.